The van der Waals surface area contributed by atoms with Gasteiger partial charge in [-0.1, -0.05) is 56.8 Å². The van der Waals surface area contributed by atoms with Crippen LogP contribution in [0.4, 0.5) is 4.39 Å². The molecule has 0 unspecified atom stereocenters. The number of aryl methyl sites for hydroxylation is 1. The minimum atomic E-state index is -0.721. The van der Waals surface area contributed by atoms with Gasteiger partial charge in [0.15, 0.2) is 16.6 Å². The molecule has 0 fully saturated rings. The van der Waals surface area contributed by atoms with Crippen LogP contribution in [0.1, 0.15) is 57.2 Å². The summed E-state index contributed by atoms with van der Waals surface area (Å²) in [6.45, 7) is 6.13. The van der Waals surface area contributed by atoms with Crippen molar-refractivity contribution in [2.45, 2.75) is 52.4 Å². The van der Waals surface area contributed by atoms with Crippen molar-refractivity contribution in [1.82, 2.24) is 19.5 Å². The number of hydrogen-bond acceptors (Lipinski definition) is 4. The predicted octanol–water partition coefficient (Wildman–Crippen LogP) is 5.48. The standard InChI is InChI=1S/C20H21Cl2FN4O/c1-4-5-6-7-12-8-9-24-15(11(2)3)16(12)27-19-13(17(21)26-20(27)28)10-14(23)18(22)25-19/h8-11H,4-7H2,1-3H3. The number of halogens is 3. The SMILES string of the molecule is CCCCCc1ccnc(C(C)C)c1-n1c(=O)nc(Cl)c2cc(F)c(Cl)nc21. The lowest BCUT2D eigenvalue weighted by Gasteiger charge is -2.19. The average Bonchev–Trinajstić information content (AvgIpc) is 2.64. The third-order valence-electron chi connectivity index (χ3n) is 4.59. The first-order chi connectivity index (χ1) is 13.3. The van der Waals surface area contributed by atoms with Gasteiger partial charge in [0.1, 0.15) is 5.15 Å². The van der Waals surface area contributed by atoms with Crippen molar-refractivity contribution in [2.75, 3.05) is 0 Å². The molecule has 0 saturated heterocycles. The average molecular weight is 423 g/mol. The minimum absolute atomic E-state index is 0.0506. The van der Waals surface area contributed by atoms with Gasteiger partial charge in [-0.3, -0.25) is 4.98 Å². The van der Waals surface area contributed by atoms with E-state index in [4.69, 9.17) is 23.2 Å². The smallest absolute Gasteiger partial charge is 0.259 e. The van der Waals surface area contributed by atoms with Gasteiger partial charge in [-0.2, -0.15) is 4.98 Å². The van der Waals surface area contributed by atoms with E-state index in [0.717, 1.165) is 43.0 Å². The number of fused-ring (bicyclic) bond motifs is 1. The molecule has 3 aromatic rings. The molecule has 3 heterocycles. The summed E-state index contributed by atoms with van der Waals surface area (Å²) in [4.78, 5) is 25.4. The molecule has 0 aliphatic carbocycles. The molecule has 0 atom stereocenters. The topological polar surface area (TPSA) is 60.7 Å². The molecule has 0 aromatic carbocycles. The molecule has 0 aliphatic heterocycles. The van der Waals surface area contributed by atoms with Crippen molar-refractivity contribution >= 4 is 34.2 Å². The number of aromatic nitrogens is 4. The van der Waals surface area contributed by atoms with Gasteiger partial charge in [0.05, 0.1) is 16.8 Å². The van der Waals surface area contributed by atoms with Gasteiger partial charge in [0.25, 0.3) is 0 Å². The van der Waals surface area contributed by atoms with Crippen molar-refractivity contribution in [2.24, 2.45) is 0 Å². The molecular formula is C20H21Cl2FN4O. The molecule has 0 radical (unpaired) electrons. The maximum Gasteiger partial charge on any atom is 0.355 e. The lowest BCUT2D eigenvalue weighted by Crippen LogP contribution is -2.25. The molecule has 28 heavy (non-hydrogen) atoms. The number of nitrogens with zero attached hydrogens (tertiary/aromatic N) is 4. The van der Waals surface area contributed by atoms with Gasteiger partial charge in [-0.25, -0.2) is 18.7 Å². The van der Waals surface area contributed by atoms with Crippen molar-refractivity contribution < 1.29 is 4.39 Å². The Labute approximate surface area is 172 Å². The predicted molar refractivity (Wildman–Crippen MR) is 110 cm³/mol. The van der Waals surface area contributed by atoms with E-state index < -0.39 is 11.5 Å². The Kier molecular flexibility index (Phi) is 6.30. The fourth-order valence-electron chi connectivity index (χ4n) is 3.23. The van der Waals surface area contributed by atoms with Crippen molar-refractivity contribution in [3.8, 4) is 5.69 Å². The van der Waals surface area contributed by atoms with E-state index in [1.807, 2.05) is 19.9 Å². The Morgan fingerprint density at radius 3 is 2.61 bits per heavy atom. The summed E-state index contributed by atoms with van der Waals surface area (Å²) in [5, 5.41) is -0.214. The third kappa shape index (κ3) is 3.89. The molecule has 0 N–H and O–H groups in total. The third-order valence-corrected chi connectivity index (χ3v) is 5.14. The van der Waals surface area contributed by atoms with Gasteiger partial charge in [-0.05, 0) is 36.5 Å². The summed E-state index contributed by atoms with van der Waals surface area (Å²) < 4.78 is 15.3. The highest BCUT2D eigenvalue weighted by Crippen LogP contribution is 2.30. The molecule has 0 saturated carbocycles. The van der Waals surface area contributed by atoms with Crippen LogP contribution in [0.15, 0.2) is 23.1 Å². The molecule has 8 heteroatoms. The van der Waals surface area contributed by atoms with Crippen LogP contribution in [0.3, 0.4) is 0 Å². The molecule has 3 rings (SSSR count). The molecule has 0 spiro atoms. The zero-order valence-electron chi connectivity index (χ0n) is 16.0. The molecule has 148 valence electrons. The van der Waals surface area contributed by atoms with E-state index in [1.54, 1.807) is 6.20 Å². The van der Waals surface area contributed by atoms with Crippen molar-refractivity contribution in [3.63, 3.8) is 0 Å². The summed E-state index contributed by atoms with van der Waals surface area (Å²) >= 11 is 12.0. The Balaban J connectivity index is 2.38. The minimum Gasteiger partial charge on any atom is -0.259 e. The Morgan fingerprint density at radius 2 is 1.93 bits per heavy atom. The summed E-state index contributed by atoms with van der Waals surface area (Å²) in [6.07, 6.45) is 5.65. The Morgan fingerprint density at radius 1 is 1.18 bits per heavy atom. The van der Waals surface area contributed by atoms with Crippen molar-refractivity contribution in [1.29, 1.82) is 0 Å². The van der Waals surface area contributed by atoms with Crippen LogP contribution in [-0.4, -0.2) is 19.5 Å². The van der Waals surface area contributed by atoms with Gasteiger partial charge < -0.3 is 0 Å². The van der Waals surface area contributed by atoms with Crippen molar-refractivity contribution in [3.05, 3.63) is 56.2 Å². The second-order valence-corrected chi connectivity index (χ2v) is 7.68. The van der Waals surface area contributed by atoms with E-state index in [9.17, 15) is 9.18 Å². The first-order valence-electron chi connectivity index (χ1n) is 9.27. The lowest BCUT2D eigenvalue weighted by atomic mass is 10.00. The van der Waals surface area contributed by atoms with E-state index in [1.165, 1.54) is 4.57 Å². The number of pyridine rings is 2. The quantitative estimate of drug-likeness (QED) is 0.299. The Bertz CT molecular complexity index is 1080. The first kappa shape index (κ1) is 20.7. The summed E-state index contributed by atoms with van der Waals surface area (Å²) in [5.74, 6) is -0.670. The zero-order valence-corrected chi connectivity index (χ0v) is 17.5. The molecule has 0 bridgehead atoms. The number of hydrogen-bond donors (Lipinski definition) is 0. The lowest BCUT2D eigenvalue weighted by molar-refractivity contribution is 0.623. The molecule has 0 aliphatic rings. The number of unbranched alkanes of at least 4 members (excludes halogenated alkanes) is 2. The molecule has 3 aromatic heterocycles. The normalized spacial score (nSPS) is 11.5. The highest BCUT2D eigenvalue weighted by molar-refractivity contribution is 6.34. The maximum atomic E-state index is 14.0. The maximum absolute atomic E-state index is 14.0. The number of rotatable bonds is 6. The second kappa shape index (κ2) is 8.53. The van der Waals surface area contributed by atoms with Crippen LogP contribution in [0.5, 0.6) is 0 Å². The fourth-order valence-corrected chi connectivity index (χ4v) is 3.57. The van der Waals surface area contributed by atoms with Crippen LogP contribution in [0.2, 0.25) is 10.3 Å². The first-order valence-corrected chi connectivity index (χ1v) is 10.0. The van der Waals surface area contributed by atoms with E-state index in [0.29, 0.717) is 5.69 Å². The van der Waals surface area contributed by atoms with E-state index >= 15 is 0 Å². The highest BCUT2D eigenvalue weighted by atomic mass is 35.5. The molecule has 0 amide bonds. The highest BCUT2D eigenvalue weighted by Gasteiger charge is 2.21. The van der Waals surface area contributed by atoms with E-state index in [2.05, 4.69) is 21.9 Å². The fraction of sp³-hybridized carbons (Fsp3) is 0.400. The monoisotopic (exact) mass is 422 g/mol. The van der Waals surface area contributed by atoms with Crippen LogP contribution < -0.4 is 5.69 Å². The summed E-state index contributed by atoms with van der Waals surface area (Å²) in [5.41, 5.74) is 1.90. The van der Waals surface area contributed by atoms with Crippen LogP contribution in [0, 0.1) is 5.82 Å². The largest absolute Gasteiger partial charge is 0.355 e. The van der Waals surface area contributed by atoms with Crippen LogP contribution >= 0.6 is 23.2 Å². The zero-order chi connectivity index (χ0) is 20.4. The van der Waals surface area contributed by atoms with Crippen LogP contribution in [-0.2, 0) is 6.42 Å². The van der Waals surface area contributed by atoms with Gasteiger partial charge in [0, 0.05) is 6.20 Å². The molecular weight excluding hydrogens is 402 g/mol. The van der Waals surface area contributed by atoms with Crippen LogP contribution in [0.25, 0.3) is 16.7 Å². The van der Waals surface area contributed by atoms with E-state index in [-0.39, 0.29) is 27.3 Å². The van der Waals surface area contributed by atoms with Gasteiger partial charge in [-0.15, -0.1) is 0 Å². The molecule has 5 nitrogen and oxygen atoms in total. The Hall–Kier alpha value is -2.05. The van der Waals surface area contributed by atoms with Gasteiger partial charge in [0.2, 0.25) is 0 Å². The second-order valence-electron chi connectivity index (χ2n) is 6.97. The summed E-state index contributed by atoms with van der Waals surface area (Å²) in [6, 6.07) is 3.05. The summed E-state index contributed by atoms with van der Waals surface area (Å²) in [7, 11) is 0. The van der Waals surface area contributed by atoms with Gasteiger partial charge >= 0.3 is 5.69 Å².